The van der Waals surface area contributed by atoms with Crippen LogP contribution in [0.3, 0.4) is 0 Å². The van der Waals surface area contributed by atoms with Crippen molar-refractivity contribution in [3.8, 4) is 0 Å². The van der Waals surface area contributed by atoms with Crippen LogP contribution in [0.5, 0.6) is 0 Å². The molecule has 4 rings (SSSR count). The molecule has 25 heavy (non-hydrogen) atoms. The van der Waals surface area contributed by atoms with Crippen molar-refractivity contribution in [3.05, 3.63) is 23.3 Å². The van der Waals surface area contributed by atoms with Crippen LogP contribution in [0.1, 0.15) is 65.2 Å². The van der Waals surface area contributed by atoms with Crippen LogP contribution < -0.4 is 0 Å². The van der Waals surface area contributed by atoms with Gasteiger partial charge in [-0.3, -0.25) is 4.79 Å². The van der Waals surface area contributed by atoms with Crippen molar-refractivity contribution in [2.75, 3.05) is 6.61 Å². The number of hydrogen-bond acceptors (Lipinski definition) is 3. The Morgan fingerprint density at radius 3 is 2.84 bits per heavy atom. The lowest BCUT2D eigenvalue weighted by molar-refractivity contribution is -0.141. The summed E-state index contributed by atoms with van der Waals surface area (Å²) in [4.78, 5) is 11.1. The van der Waals surface area contributed by atoms with Crippen molar-refractivity contribution >= 4 is 5.97 Å². The van der Waals surface area contributed by atoms with Gasteiger partial charge in [0, 0.05) is 6.92 Å². The van der Waals surface area contributed by atoms with Crippen LogP contribution in [-0.2, 0) is 9.53 Å². The molecule has 5 unspecified atom stereocenters. The number of carbonyl (C=O) groups excluding carboxylic acids is 1. The van der Waals surface area contributed by atoms with Crippen molar-refractivity contribution < 1.29 is 14.6 Å². The molecular weight excluding hydrogens is 312 g/mol. The van der Waals surface area contributed by atoms with Crippen LogP contribution in [0.25, 0.3) is 0 Å². The number of ether oxygens (including phenoxy) is 1. The summed E-state index contributed by atoms with van der Waals surface area (Å²) >= 11 is 0. The van der Waals surface area contributed by atoms with Gasteiger partial charge < -0.3 is 9.84 Å². The first-order valence-corrected chi connectivity index (χ1v) is 10.2. The zero-order chi connectivity index (χ0) is 17.6. The first kappa shape index (κ1) is 17.3. The molecule has 4 aliphatic rings. The average Bonchev–Trinajstić information content (AvgIpc) is 2.91. The second kappa shape index (κ2) is 6.57. The maximum Gasteiger partial charge on any atom is 0.302 e. The predicted molar refractivity (Wildman–Crippen MR) is 97.8 cm³/mol. The summed E-state index contributed by atoms with van der Waals surface area (Å²) in [5.74, 6) is 2.64. The van der Waals surface area contributed by atoms with Gasteiger partial charge in [0.1, 0.15) is 0 Å². The number of esters is 1. The highest BCUT2D eigenvalue weighted by molar-refractivity contribution is 5.65. The number of aliphatic hydroxyl groups is 1. The maximum atomic E-state index is 11.1. The molecule has 0 radical (unpaired) electrons. The van der Waals surface area contributed by atoms with Crippen molar-refractivity contribution in [1.82, 2.24) is 0 Å². The molecule has 0 spiro atoms. The van der Waals surface area contributed by atoms with Crippen molar-refractivity contribution in [1.29, 1.82) is 0 Å². The fourth-order valence-electron chi connectivity index (χ4n) is 6.56. The molecule has 4 aliphatic carbocycles. The van der Waals surface area contributed by atoms with Gasteiger partial charge in [0.05, 0.1) is 12.7 Å². The second-order valence-corrected chi connectivity index (χ2v) is 9.06. The molecule has 0 aromatic carbocycles. The van der Waals surface area contributed by atoms with Gasteiger partial charge in [0.2, 0.25) is 0 Å². The molecule has 0 amide bonds. The Bertz CT molecular complexity index is 604. The fourth-order valence-corrected chi connectivity index (χ4v) is 6.56. The van der Waals surface area contributed by atoms with Crippen LogP contribution in [0.2, 0.25) is 0 Å². The van der Waals surface area contributed by atoms with E-state index in [9.17, 15) is 9.90 Å². The maximum absolute atomic E-state index is 11.1. The van der Waals surface area contributed by atoms with E-state index in [1.165, 1.54) is 38.2 Å². The average molecular weight is 344 g/mol. The third-order valence-electron chi connectivity index (χ3n) is 7.86. The summed E-state index contributed by atoms with van der Waals surface area (Å²) < 4.78 is 5.23. The molecule has 3 heteroatoms. The molecule has 6 atom stereocenters. The van der Waals surface area contributed by atoms with Gasteiger partial charge in [-0.05, 0) is 80.5 Å². The largest absolute Gasteiger partial charge is 0.466 e. The molecule has 3 fully saturated rings. The quantitative estimate of drug-likeness (QED) is 0.772. The summed E-state index contributed by atoms with van der Waals surface area (Å²) in [6.07, 6.45) is 13.8. The minimum atomic E-state index is -0.157. The Morgan fingerprint density at radius 2 is 2.04 bits per heavy atom. The van der Waals surface area contributed by atoms with Gasteiger partial charge in [-0.1, -0.05) is 30.2 Å². The van der Waals surface area contributed by atoms with E-state index >= 15 is 0 Å². The van der Waals surface area contributed by atoms with Crippen molar-refractivity contribution in [2.45, 2.75) is 71.3 Å². The Hall–Kier alpha value is -1.09. The molecule has 0 heterocycles. The molecule has 138 valence electrons. The molecular formula is C22H32O3. The summed E-state index contributed by atoms with van der Waals surface area (Å²) in [6, 6.07) is 0. The van der Waals surface area contributed by atoms with Gasteiger partial charge in [0.25, 0.3) is 0 Å². The van der Waals surface area contributed by atoms with E-state index in [1.807, 2.05) is 0 Å². The first-order chi connectivity index (χ1) is 12.0. The monoisotopic (exact) mass is 344 g/mol. The van der Waals surface area contributed by atoms with Gasteiger partial charge in [-0.25, -0.2) is 0 Å². The van der Waals surface area contributed by atoms with E-state index in [1.54, 1.807) is 5.57 Å². The number of aliphatic hydroxyl groups excluding tert-OH is 1. The van der Waals surface area contributed by atoms with E-state index < -0.39 is 0 Å². The molecule has 0 bridgehead atoms. The van der Waals surface area contributed by atoms with Gasteiger partial charge in [0.15, 0.2) is 0 Å². The van der Waals surface area contributed by atoms with Crippen LogP contribution in [0, 0.1) is 29.1 Å². The molecule has 3 saturated carbocycles. The van der Waals surface area contributed by atoms with E-state index in [2.05, 4.69) is 19.1 Å². The lowest BCUT2D eigenvalue weighted by atomic mass is 9.55. The summed E-state index contributed by atoms with van der Waals surface area (Å²) in [6.45, 7) is 4.57. The minimum Gasteiger partial charge on any atom is -0.466 e. The van der Waals surface area contributed by atoms with Gasteiger partial charge >= 0.3 is 5.97 Å². The Labute approximate surface area is 151 Å². The van der Waals surface area contributed by atoms with E-state index in [-0.39, 0.29) is 12.1 Å². The smallest absolute Gasteiger partial charge is 0.302 e. The van der Waals surface area contributed by atoms with E-state index in [0.29, 0.717) is 29.8 Å². The normalized spacial score (nSPS) is 42.6. The van der Waals surface area contributed by atoms with Crippen molar-refractivity contribution in [2.24, 2.45) is 29.1 Å². The Balaban J connectivity index is 1.51. The number of carbonyl (C=O) groups is 1. The molecule has 0 aliphatic heterocycles. The standard InChI is InChI=1S/C22H32O3/c1-14(23)25-12-10-16-4-8-21-20-6-3-15-13-17(24)5-7-18(15)19(20)9-11-22(16,21)2/h3,6,16-19,21,24H,4-5,7-13H2,1-2H3/t16?,17?,18?,19?,21?,22-/m1/s1. The zero-order valence-corrected chi connectivity index (χ0v) is 15.7. The van der Waals surface area contributed by atoms with Crippen LogP contribution in [-0.4, -0.2) is 23.8 Å². The minimum absolute atomic E-state index is 0.122. The Kier molecular flexibility index (Phi) is 4.56. The highest BCUT2D eigenvalue weighted by Gasteiger charge is 2.53. The Morgan fingerprint density at radius 1 is 1.20 bits per heavy atom. The van der Waals surface area contributed by atoms with E-state index in [0.717, 1.165) is 31.6 Å². The molecule has 0 aromatic rings. The number of allylic oxidation sites excluding steroid dienone is 3. The molecule has 0 aromatic heterocycles. The molecule has 0 saturated heterocycles. The van der Waals surface area contributed by atoms with Crippen LogP contribution in [0.4, 0.5) is 0 Å². The van der Waals surface area contributed by atoms with E-state index in [4.69, 9.17) is 4.74 Å². The predicted octanol–water partition coefficient (Wildman–Crippen LogP) is 4.41. The highest BCUT2D eigenvalue weighted by Crippen LogP contribution is 2.62. The third-order valence-corrected chi connectivity index (χ3v) is 7.86. The highest BCUT2D eigenvalue weighted by atomic mass is 16.5. The summed E-state index contributed by atoms with van der Waals surface area (Å²) in [7, 11) is 0. The van der Waals surface area contributed by atoms with Gasteiger partial charge in [-0.2, -0.15) is 0 Å². The number of fused-ring (bicyclic) bond motifs is 5. The first-order valence-electron chi connectivity index (χ1n) is 10.2. The van der Waals surface area contributed by atoms with Crippen LogP contribution in [0.15, 0.2) is 23.3 Å². The van der Waals surface area contributed by atoms with Gasteiger partial charge in [-0.15, -0.1) is 0 Å². The number of hydrogen-bond donors (Lipinski definition) is 1. The number of rotatable bonds is 3. The molecule has 1 N–H and O–H groups in total. The topological polar surface area (TPSA) is 46.5 Å². The molecule has 3 nitrogen and oxygen atoms in total. The summed E-state index contributed by atoms with van der Waals surface area (Å²) in [5.41, 5.74) is 3.58. The third kappa shape index (κ3) is 2.99. The lowest BCUT2D eigenvalue weighted by Gasteiger charge is -2.50. The SMILES string of the molecule is CC(=O)OCCC1CCC2C3=CC=C4CC(O)CCC4C3CC[C@]12C. The second-order valence-electron chi connectivity index (χ2n) is 9.06. The zero-order valence-electron chi connectivity index (χ0n) is 15.7. The van der Waals surface area contributed by atoms with Crippen LogP contribution >= 0.6 is 0 Å². The fraction of sp³-hybridized carbons (Fsp3) is 0.773. The lowest BCUT2D eigenvalue weighted by Crippen LogP contribution is -2.41. The summed E-state index contributed by atoms with van der Waals surface area (Å²) in [5, 5.41) is 9.99. The van der Waals surface area contributed by atoms with Crippen molar-refractivity contribution in [3.63, 3.8) is 0 Å².